The summed E-state index contributed by atoms with van der Waals surface area (Å²) in [6, 6.07) is 8.85. The van der Waals surface area contributed by atoms with Gasteiger partial charge < -0.3 is 25.0 Å². The van der Waals surface area contributed by atoms with Gasteiger partial charge >= 0.3 is 5.97 Å². The smallest absolute Gasteiger partial charge is 0.325 e. The molecule has 1 amide bonds. The van der Waals surface area contributed by atoms with E-state index in [9.17, 15) is 9.59 Å². The molecule has 1 aromatic heterocycles. The highest BCUT2D eigenvalue weighted by molar-refractivity contribution is 5.88. The van der Waals surface area contributed by atoms with E-state index in [0.29, 0.717) is 30.5 Å². The minimum Gasteiger partial charge on any atom is -0.495 e. The first kappa shape index (κ1) is 19.4. The molecule has 9 heteroatoms. The number of nitrogens with zero attached hydrogens (tertiary/aromatic N) is 3. The first-order valence-electron chi connectivity index (χ1n) is 8.96. The zero-order chi connectivity index (χ0) is 19.9. The van der Waals surface area contributed by atoms with E-state index >= 15 is 0 Å². The third-order valence-corrected chi connectivity index (χ3v) is 4.46. The molecule has 0 aliphatic carbocycles. The van der Waals surface area contributed by atoms with E-state index in [1.807, 2.05) is 29.2 Å². The van der Waals surface area contributed by atoms with Gasteiger partial charge in [0.05, 0.1) is 19.9 Å². The summed E-state index contributed by atoms with van der Waals surface area (Å²) in [6.07, 6.45) is 3.15. The summed E-state index contributed by atoms with van der Waals surface area (Å²) in [7, 11) is 2.89. The van der Waals surface area contributed by atoms with Crippen molar-refractivity contribution >= 4 is 29.3 Å². The number of carbonyl (C=O) groups is 2. The second-order valence-electron chi connectivity index (χ2n) is 6.21. The van der Waals surface area contributed by atoms with E-state index in [1.165, 1.54) is 7.11 Å². The van der Waals surface area contributed by atoms with Gasteiger partial charge in [-0.3, -0.25) is 9.59 Å². The van der Waals surface area contributed by atoms with Crippen LogP contribution < -0.4 is 20.3 Å². The second kappa shape index (κ2) is 9.03. The highest BCUT2D eigenvalue weighted by atomic mass is 16.5. The maximum Gasteiger partial charge on any atom is 0.325 e. The summed E-state index contributed by atoms with van der Waals surface area (Å²) in [4.78, 5) is 34.4. The fourth-order valence-corrected chi connectivity index (χ4v) is 3.07. The van der Waals surface area contributed by atoms with Crippen LogP contribution in [-0.2, 0) is 14.3 Å². The number of para-hydroxylation sites is 2. The Labute approximate surface area is 163 Å². The summed E-state index contributed by atoms with van der Waals surface area (Å²) < 4.78 is 9.90. The van der Waals surface area contributed by atoms with Crippen molar-refractivity contribution in [1.82, 2.24) is 15.3 Å². The maximum absolute atomic E-state index is 12.5. The molecule has 0 saturated carbocycles. The largest absolute Gasteiger partial charge is 0.495 e. The van der Waals surface area contributed by atoms with Gasteiger partial charge in [-0.2, -0.15) is 4.98 Å². The van der Waals surface area contributed by atoms with Crippen LogP contribution in [0.25, 0.3) is 0 Å². The predicted molar refractivity (Wildman–Crippen MR) is 104 cm³/mol. The summed E-state index contributed by atoms with van der Waals surface area (Å²) in [5.74, 6) is 1.02. The molecule has 2 heterocycles. The lowest BCUT2D eigenvalue weighted by Crippen LogP contribution is -2.45. The lowest BCUT2D eigenvalue weighted by atomic mass is 10.2. The average Bonchev–Trinajstić information content (AvgIpc) is 3.22. The van der Waals surface area contributed by atoms with E-state index in [2.05, 4.69) is 25.3 Å². The predicted octanol–water partition coefficient (Wildman–Crippen LogP) is 1.49. The van der Waals surface area contributed by atoms with Crippen LogP contribution in [-0.4, -0.2) is 55.2 Å². The quantitative estimate of drug-likeness (QED) is 0.691. The Bertz CT molecular complexity index is 845. The third-order valence-electron chi connectivity index (χ3n) is 4.46. The van der Waals surface area contributed by atoms with E-state index in [4.69, 9.17) is 4.74 Å². The molecule has 2 N–H and O–H groups in total. The average molecular weight is 385 g/mol. The molecule has 2 aromatic rings. The van der Waals surface area contributed by atoms with Crippen molar-refractivity contribution in [2.45, 2.75) is 18.9 Å². The van der Waals surface area contributed by atoms with Crippen LogP contribution in [0.5, 0.6) is 5.75 Å². The Morgan fingerprint density at radius 2 is 2.07 bits per heavy atom. The van der Waals surface area contributed by atoms with Crippen molar-refractivity contribution in [2.24, 2.45) is 0 Å². The van der Waals surface area contributed by atoms with Crippen LogP contribution >= 0.6 is 0 Å². The molecule has 148 valence electrons. The van der Waals surface area contributed by atoms with Crippen LogP contribution in [0.2, 0.25) is 0 Å². The topological polar surface area (TPSA) is 106 Å². The lowest BCUT2D eigenvalue weighted by Gasteiger charge is -2.24. The zero-order valence-electron chi connectivity index (χ0n) is 15.8. The van der Waals surface area contributed by atoms with Crippen molar-refractivity contribution < 1.29 is 19.1 Å². The van der Waals surface area contributed by atoms with Gasteiger partial charge in [0.15, 0.2) is 0 Å². The Morgan fingerprint density at radius 1 is 1.25 bits per heavy atom. The van der Waals surface area contributed by atoms with E-state index in [0.717, 1.165) is 12.1 Å². The summed E-state index contributed by atoms with van der Waals surface area (Å²) in [5, 5.41) is 5.82. The molecule has 1 saturated heterocycles. The van der Waals surface area contributed by atoms with Gasteiger partial charge in [-0.25, -0.2) is 4.98 Å². The number of ether oxygens (including phenoxy) is 2. The minimum atomic E-state index is -0.489. The Hall–Kier alpha value is -3.36. The number of anilines is 3. The highest BCUT2D eigenvalue weighted by Crippen LogP contribution is 2.28. The van der Waals surface area contributed by atoms with Gasteiger partial charge in [0.2, 0.25) is 11.9 Å². The Kier molecular flexibility index (Phi) is 6.25. The van der Waals surface area contributed by atoms with Gasteiger partial charge in [-0.05, 0) is 31.0 Å². The zero-order valence-corrected chi connectivity index (χ0v) is 15.8. The summed E-state index contributed by atoms with van der Waals surface area (Å²) >= 11 is 0. The molecule has 3 rings (SSSR count). The maximum atomic E-state index is 12.5. The summed E-state index contributed by atoms with van der Waals surface area (Å²) in [6.45, 7) is 0.504. The number of aromatic nitrogens is 2. The second-order valence-corrected chi connectivity index (χ2v) is 6.21. The Balaban J connectivity index is 1.73. The van der Waals surface area contributed by atoms with Gasteiger partial charge in [0.25, 0.3) is 0 Å². The van der Waals surface area contributed by atoms with E-state index < -0.39 is 12.0 Å². The minimum absolute atomic E-state index is 0.157. The number of esters is 1. The molecule has 28 heavy (non-hydrogen) atoms. The molecule has 0 unspecified atom stereocenters. The molecule has 0 spiro atoms. The van der Waals surface area contributed by atoms with Crippen molar-refractivity contribution in [3.63, 3.8) is 0 Å². The molecular formula is C19H23N5O4. The highest BCUT2D eigenvalue weighted by Gasteiger charge is 2.32. The van der Waals surface area contributed by atoms with Crippen LogP contribution in [0.3, 0.4) is 0 Å². The fraction of sp³-hybridized carbons (Fsp3) is 0.368. The number of carbonyl (C=O) groups excluding carboxylic acids is 2. The molecule has 1 atom stereocenters. The first-order chi connectivity index (χ1) is 13.6. The number of amides is 1. The number of rotatable bonds is 7. The third kappa shape index (κ3) is 4.48. The molecular weight excluding hydrogens is 362 g/mol. The van der Waals surface area contributed by atoms with Gasteiger partial charge in [0.1, 0.15) is 24.2 Å². The summed E-state index contributed by atoms with van der Waals surface area (Å²) in [5.41, 5.74) is 0.781. The van der Waals surface area contributed by atoms with Crippen molar-refractivity contribution in [3.05, 3.63) is 36.5 Å². The first-order valence-corrected chi connectivity index (χ1v) is 8.96. The Morgan fingerprint density at radius 3 is 2.86 bits per heavy atom. The van der Waals surface area contributed by atoms with Gasteiger partial charge in [-0.15, -0.1) is 0 Å². The van der Waals surface area contributed by atoms with Crippen LogP contribution in [0.15, 0.2) is 36.5 Å². The van der Waals surface area contributed by atoms with Crippen molar-refractivity contribution in [3.8, 4) is 5.75 Å². The standard InChI is InChI=1S/C19H23N5O4/c1-27-15-8-4-3-6-13(15)22-16-9-10-20-19(23-16)24-11-5-7-14(24)18(26)21-12-17(25)28-2/h3-4,6,8-10,14H,5,7,11-12H2,1-2H3,(H,21,26)(H,20,22,23)/t14-/m0/s1. The van der Waals surface area contributed by atoms with Gasteiger partial charge in [-0.1, -0.05) is 12.1 Å². The monoisotopic (exact) mass is 385 g/mol. The van der Waals surface area contributed by atoms with Crippen molar-refractivity contribution in [2.75, 3.05) is 37.5 Å². The number of benzene rings is 1. The molecule has 0 bridgehead atoms. The number of nitrogens with one attached hydrogen (secondary N) is 2. The normalized spacial score (nSPS) is 15.8. The molecule has 1 aliphatic heterocycles. The van der Waals surface area contributed by atoms with Crippen LogP contribution in [0, 0.1) is 0 Å². The van der Waals surface area contributed by atoms with Crippen LogP contribution in [0.1, 0.15) is 12.8 Å². The van der Waals surface area contributed by atoms with Gasteiger partial charge in [0, 0.05) is 12.7 Å². The van der Waals surface area contributed by atoms with Crippen LogP contribution in [0.4, 0.5) is 17.5 Å². The number of hydrogen-bond acceptors (Lipinski definition) is 8. The van der Waals surface area contributed by atoms with E-state index in [1.54, 1.807) is 19.4 Å². The van der Waals surface area contributed by atoms with Crippen molar-refractivity contribution in [1.29, 1.82) is 0 Å². The molecule has 1 aromatic carbocycles. The van der Waals surface area contributed by atoms with E-state index in [-0.39, 0.29) is 12.5 Å². The lowest BCUT2D eigenvalue weighted by molar-refractivity contribution is -0.141. The molecule has 9 nitrogen and oxygen atoms in total. The number of hydrogen-bond donors (Lipinski definition) is 2. The molecule has 0 radical (unpaired) electrons. The number of methoxy groups -OCH3 is 2. The SMILES string of the molecule is COC(=O)CNC(=O)[C@@H]1CCCN1c1nccc(Nc2ccccc2OC)n1. The molecule has 1 fully saturated rings. The fourth-order valence-electron chi connectivity index (χ4n) is 3.07. The molecule has 1 aliphatic rings.